The summed E-state index contributed by atoms with van der Waals surface area (Å²) in [6.07, 6.45) is 3.82. The average molecular weight is 470 g/mol. The van der Waals surface area contributed by atoms with Gasteiger partial charge in [-0.2, -0.15) is 10.2 Å². The van der Waals surface area contributed by atoms with Gasteiger partial charge in [-0.1, -0.05) is 0 Å². The van der Waals surface area contributed by atoms with Crippen molar-refractivity contribution < 1.29 is 27.8 Å². The maximum absolute atomic E-state index is 12.5. The second-order valence-corrected chi connectivity index (χ2v) is 7.43. The van der Waals surface area contributed by atoms with Gasteiger partial charge >= 0.3 is 11.9 Å². The van der Waals surface area contributed by atoms with Crippen LogP contribution in [0.15, 0.2) is 30.2 Å². The normalized spacial score (nSPS) is 12.6. The second-order valence-electron chi connectivity index (χ2n) is 6.54. The molecule has 3 heterocycles. The summed E-state index contributed by atoms with van der Waals surface area (Å²) in [5.41, 5.74) is 1.50. The van der Waals surface area contributed by atoms with Crippen LogP contribution in [0.25, 0.3) is 5.82 Å². The summed E-state index contributed by atoms with van der Waals surface area (Å²) < 4.78 is 36.1. The Hall–Kier alpha value is -3.15. The van der Waals surface area contributed by atoms with Crippen molar-refractivity contribution in [1.29, 1.82) is 0 Å². The molecule has 0 radical (unpaired) electrons. The fraction of sp³-hybridized carbons (Fsp3) is 0.450. The molecule has 0 spiro atoms. The molecule has 2 unspecified atom stereocenters. The molecular formula is C20H25F2N5O4S. The summed E-state index contributed by atoms with van der Waals surface area (Å²) in [6.45, 7) is 7.74. The fourth-order valence-corrected chi connectivity index (χ4v) is 3.11. The van der Waals surface area contributed by atoms with Crippen molar-refractivity contribution in [3.8, 4) is 5.82 Å². The fourth-order valence-electron chi connectivity index (χ4n) is 2.47. The van der Waals surface area contributed by atoms with Gasteiger partial charge in [0.25, 0.3) is 6.43 Å². The first kappa shape index (κ1) is 25.1. The van der Waals surface area contributed by atoms with Gasteiger partial charge in [-0.15, -0.1) is 11.3 Å². The van der Waals surface area contributed by atoms with Crippen LogP contribution in [0.3, 0.4) is 0 Å². The molecule has 0 fully saturated rings. The molecular weight excluding hydrogens is 444 g/mol. The lowest BCUT2D eigenvalue weighted by molar-refractivity contribution is -0.145. The van der Waals surface area contributed by atoms with Crippen LogP contribution in [0.4, 0.5) is 8.78 Å². The quantitative estimate of drug-likeness (QED) is 0.496. The van der Waals surface area contributed by atoms with Crippen LogP contribution < -0.4 is 0 Å². The number of aromatic nitrogens is 5. The van der Waals surface area contributed by atoms with E-state index in [2.05, 4.69) is 20.3 Å². The molecule has 174 valence electrons. The van der Waals surface area contributed by atoms with E-state index >= 15 is 0 Å². The Balaban J connectivity index is 0.000000258. The number of hydrogen-bond acceptors (Lipinski definition) is 8. The van der Waals surface area contributed by atoms with Crippen LogP contribution in [0.2, 0.25) is 0 Å². The van der Waals surface area contributed by atoms with Crippen LogP contribution in [0.1, 0.15) is 62.1 Å². The molecule has 2 atom stereocenters. The van der Waals surface area contributed by atoms with Gasteiger partial charge in [-0.25, -0.2) is 18.4 Å². The number of carbonyl (C=O) groups is 2. The van der Waals surface area contributed by atoms with E-state index in [0.717, 1.165) is 16.9 Å². The van der Waals surface area contributed by atoms with Gasteiger partial charge in [0.05, 0.1) is 37.4 Å². The molecule has 0 aliphatic rings. The number of thiazole rings is 1. The minimum absolute atomic E-state index is 0.209. The minimum Gasteiger partial charge on any atom is -0.466 e. The van der Waals surface area contributed by atoms with E-state index in [9.17, 15) is 18.4 Å². The molecule has 9 nitrogen and oxygen atoms in total. The topological polar surface area (TPSA) is 112 Å². The number of hydrogen-bond donors (Lipinski definition) is 1. The molecule has 0 saturated heterocycles. The summed E-state index contributed by atoms with van der Waals surface area (Å²) >= 11 is 0.871. The number of halogens is 2. The lowest BCUT2D eigenvalue weighted by Gasteiger charge is -2.07. The van der Waals surface area contributed by atoms with E-state index in [1.54, 1.807) is 46.3 Å². The Morgan fingerprint density at radius 1 is 1.09 bits per heavy atom. The summed E-state index contributed by atoms with van der Waals surface area (Å²) in [7, 11) is 0. The van der Waals surface area contributed by atoms with Crippen molar-refractivity contribution in [3.63, 3.8) is 0 Å². The van der Waals surface area contributed by atoms with E-state index in [-0.39, 0.29) is 22.9 Å². The van der Waals surface area contributed by atoms with E-state index in [0.29, 0.717) is 24.6 Å². The highest BCUT2D eigenvalue weighted by Gasteiger charge is 2.20. The van der Waals surface area contributed by atoms with E-state index in [1.165, 1.54) is 16.3 Å². The number of nitrogens with zero attached hydrogens (tertiary/aromatic N) is 4. The monoisotopic (exact) mass is 469 g/mol. The van der Waals surface area contributed by atoms with Crippen LogP contribution in [0, 0.1) is 0 Å². The first-order valence-corrected chi connectivity index (χ1v) is 10.8. The van der Waals surface area contributed by atoms with Crippen molar-refractivity contribution in [1.82, 2.24) is 25.0 Å². The summed E-state index contributed by atoms with van der Waals surface area (Å²) in [5.74, 6) is -0.939. The Morgan fingerprint density at radius 3 is 2.22 bits per heavy atom. The van der Waals surface area contributed by atoms with Crippen LogP contribution in [0.5, 0.6) is 0 Å². The lowest BCUT2D eigenvalue weighted by Crippen LogP contribution is -2.12. The highest BCUT2D eigenvalue weighted by Crippen LogP contribution is 2.25. The predicted octanol–water partition coefficient (Wildman–Crippen LogP) is 4.01. The molecule has 0 saturated carbocycles. The van der Waals surface area contributed by atoms with E-state index in [1.807, 2.05) is 0 Å². The number of nitrogens with one attached hydrogen (secondary N) is 1. The molecule has 3 aromatic rings. The molecule has 12 heteroatoms. The average Bonchev–Trinajstić information content (AvgIpc) is 3.54. The first-order chi connectivity index (χ1) is 15.3. The van der Waals surface area contributed by atoms with Crippen molar-refractivity contribution in [2.24, 2.45) is 0 Å². The first-order valence-electron chi connectivity index (χ1n) is 9.88. The molecule has 1 N–H and O–H groups in total. The number of esters is 2. The molecule has 0 aliphatic heterocycles. The van der Waals surface area contributed by atoms with E-state index < -0.39 is 12.3 Å². The smallest absolute Gasteiger partial charge is 0.313 e. The standard InChI is InChI=1S/C12H13F2N3O2S.C8H12N2O2/c1-3-19-12(18)7(2)8-4-15-17(5-8)9-6-20-11(16-9)10(13)14;1-3-12-8(11)6(2)7-4-9-10-5-7/h4-7,10H,3H2,1-2H3;4-6H,3H2,1-2H3,(H,9,10). The zero-order valence-corrected chi connectivity index (χ0v) is 18.9. The molecule has 3 rings (SSSR count). The van der Waals surface area contributed by atoms with Crippen LogP contribution in [-0.4, -0.2) is 50.1 Å². The molecule has 3 aromatic heterocycles. The van der Waals surface area contributed by atoms with Gasteiger partial charge in [0.15, 0.2) is 10.8 Å². The Kier molecular flexibility index (Phi) is 9.44. The Bertz CT molecular complexity index is 990. The van der Waals surface area contributed by atoms with Gasteiger partial charge < -0.3 is 9.47 Å². The zero-order chi connectivity index (χ0) is 23.7. The van der Waals surface area contributed by atoms with Gasteiger partial charge in [-0.3, -0.25) is 14.7 Å². The molecule has 0 aliphatic carbocycles. The van der Waals surface area contributed by atoms with Gasteiger partial charge in [0.2, 0.25) is 0 Å². The Morgan fingerprint density at radius 2 is 1.72 bits per heavy atom. The van der Waals surface area contributed by atoms with Crippen molar-refractivity contribution in [2.75, 3.05) is 13.2 Å². The van der Waals surface area contributed by atoms with Crippen LogP contribution in [-0.2, 0) is 19.1 Å². The summed E-state index contributed by atoms with van der Waals surface area (Å²) in [5, 5.41) is 11.7. The van der Waals surface area contributed by atoms with Crippen molar-refractivity contribution >= 4 is 23.3 Å². The maximum Gasteiger partial charge on any atom is 0.313 e. The van der Waals surface area contributed by atoms with Gasteiger partial charge in [0, 0.05) is 28.9 Å². The highest BCUT2D eigenvalue weighted by molar-refractivity contribution is 7.09. The highest BCUT2D eigenvalue weighted by atomic mass is 32.1. The second kappa shape index (κ2) is 12.0. The van der Waals surface area contributed by atoms with Crippen molar-refractivity contribution in [2.45, 2.75) is 46.0 Å². The van der Waals surface area contributed by atoms with Gasteiger partial charge in [0.1, 0.15) is 0 Å². The van der Waals surface area contributed by atoms with Crippen molar-refractivity contribution in [3.05, 3.63) is 46.3 Å². The number of carbonyl (C=O) groups excluding carboxylic acids is 2. The van der Waals surface area contributed by atoms with Crippen LogP contribution >= 0.6 is 11.3 Å². The minimum atomic E-state index is -2.60. The maximum atomic E-state index is 12.5. The molecule has 32 heavy (non-hydrogen) atoms. The number of alkyl halides is 2. The number of aromatic amines is 1. The van der Waals surface area contributed by atoms with E-state index in [4.69, 9.17) is 9.47 Å². The summed E-state index contributed by atoms with van der Waals surface area (Å²) in [4.78, 5) is 26.6. The third kappa shape index (κ3) is 6.67. The number of rotatable bonds is 8. The largest absolute Gasteiger partial charge is 0.466 e. The van der Waals surface area contributed by atoms with Gasteiger partial charge in [-0.05, 0) is 27.7 Å². The molecule has 0 bridgehead atoms. The Labute approximate surface area is 187 Å². The summed E-state index contributed by atoms with van der Waals surface area (Å²) in [6, 6.07) is 0. The third-order valence-corrected chi connectivity index (χ3v) is 5.17. The lowest BCUT2D eigenvalue weighted by atomic mass is 10.1. The number of H-pyrrole nitrogens is 1. The predicted molar refractivity (Wildman–Crippen MR) is 113 cm³/mol. The molecule has 0 aromatic carbocycles. The zero-order valence-electron chi connectivity index (χ0n) is 18.1. The number of ether oxygens (including phenoxy) is 2. The SMILES string of the molecule is CCOC(=O)C(C)c1cn[nH]c1.CCOC(=O)C(C)c1cnn(-c2csc(C(F)F)n2)c1. The molecule has 0 amide bonds. The third-order valence-electron chi connectivity index (χ3n) is 4.33.